The number of benzene rings is 1. The van der Waals surface area contributed by atoms with E-state index in [0.717, 1.165) is 16.8 Å². The summed E-state index contributed by atoms with van der Waals surface area (Å²) in [6.45, 7) is 5.92. The molecular weight excluding hydrogens is 281 g/mol. The maximum atomic E-state index is 6.23. The number of nitrogens with zero attached hydrogens (tertiary/aromatic N) is 2. The van der Waals surface area contributed by atoms with Crippen LogP contribution in [0.3, 0.4) is 0 Å². The van der Waals surface area contributed by atoms with Crippen LogP contribution in [0.25, 0.3) is 11.3 Å². The van der Waals surface area contributed by atoms with Crippen LogP contribution in [0.2, 0.25) is 10.0 Å². The minimum atomic E-state index is 0.194. The number of nitrogens with two attached hydrogens (primary N) is 1. The van der Waals surface area contributed by atoms with E-state index in [1.807, 2.05) is 20.8 Å². The second-order valence-electron chi connectivity index (χ2n) is 4.72. The number of aromatic nitrogens is 2. The van der Waals surface area contributed by atoms with Crippen molar-refractivity contribution < 1.29 is 0 Å². The smallest absolute Gasteiger partial charge is 0.133 e. The molecule has 0 aliphatic rings. The molecule has 1 aromatic carbocycles. The van der Waals surface area contributed by atoms with Gasteiger partial charge in [0.1, 0.15) is 11.6 Å². The Labute approximate surface area is 122 Å². The summed E-state index contributed by atoms with van der Waals surface area (Å²) >= 11 is 12.3. The average molecular weight is 296 g/mol. The molecule has 100 valence electrons. The lowest BCUT2D eigenvalue weighted by molar-refractivity contribution is 0.776. The number of anilines is 1. The summed E-state index contributed by atoms with van der Waals surface area (Å²) in [6.07, 6.45) is 0. The molecule has 3 nitrogen and oxygen atoms in total. The average Bonchev–Trinajstić information content (AvgIpc) is 2.35. The molecule has 0 bridgehead atoms. The van der Waals surface area contributed by atoms with Crippen LogP contribution in [-0.2, 0) is 0 Å². The molecule has 0 aliphatic heterocycles. The molecule has 19 heavy (non-hydrogen) atoms. The van der Waals surface area contributed by atoms with E-state index in [2.05, 4.69) is 9.97 Å². The molecule has 2 N–H and O–H groups in total. The van der Waals surface area contributed by atoms with Gasteiger partial charge in [-0.25, -0.2) is 9.97 Å². The third kappa shape index (κ3) is 2.82. The van der Waals surface area contributed by atoms with E-state index in [1.165, 1.54) is 0 Å². The van der Waals surface area contributed by atoms with Crippen molar-refractivity contribution >= 4 is 29.0 Å². The van der Waals surface area contributed by atoms with Crippen LogP contribution in [0.4, 0.5) is 5.82 Å². The predicted octanol–water partition coefficient (Wildman–Crippen LogP) is 4.46. The van der Waals surface area contributed by atoms with Crippen LogP contribution < -0.4 is 5.73 Å². The Morgan fingerprint density at radius 3 is 2.47 bits per heavy atom. The monoisotopic (exact) mass is 295 g/mol. The Kier molecular flexibility index (Phi) is 3.97. The molecule has 0 spiro atoms. The molecule has 0 aliphatic carbocycles. The number of hydrogen-bond donors (Lipinski definition) is 1. The number of rotatable bonds is 2. The fraction of sp³-hybridized carbons (Fsp3) is 0.286. The van der Waals surface area contributed by atoms with Crippen molar-refractivity contribution in [3.05, 3.63) is 39.6 Å². The zero-order valence-corrected chi connectivity index (χ0v) is 12.5. The first kappa shape index (κ1) is 14.1. The minimum Gasteiger partial charge on any atom is -0.383 e. The van der Waals surface area contributed by atoms with Crippen molar-refractivity contribution in [3.8, 4) is 11.3 Å². The number of halogens is 2. The fourth-order valence-corrected chi connectivity index (χ4v) is 2.13. The first-order valence-corrected chi connectivity index (χ1v) is 6.75. The lowest BCUT2D eigenvalue weighted by atomic mass is 10.1. The molecule has 0 unspecified atom stereocenters. The van der Waals surface area contributed by atoms with E-state index in [0.29, 0.717) is 21.7 Å². The van der Waals surface area contributed by atoms with Gasteiger partial charge in [-0.2, -0.15) is 0 Å². The summed E-state index contributed by atoms with van der Waals surface area (Å²) in [5.41, 5.74) is 8.29. The molecule has 0 radical (unpaired) electrons. The first-order chi connectivity index (χ1) is 8.90. The predicted molar refractivity (Wildman–Crippen MR) is 80.7 cm³/mol. The van der Waals surface area contributed by atoms with Gasteiger partial charge in [0.15, 0.2) is 0 Å². The second-order valence-corrected chi connectivity index (χ2v) is 5.56. The van der Waals surface area contributed by atoms with Crippen molar-refractivity contribution in [2.24, 2.45) is 0 Å². The Morgan fingerprint density at radius 1 is 1.16 bits per heavy atom. The van der Waals surface area contributed by atoms with E-state index in [9.17, 15) is 0 Å². The summed E-state index contributed by atoms with van der Waals surface area (Å²) in [6, 6.07) is 5.30. The second kappa shape index (κ2) is 5.35. The number of hydrogen-bond acceptors (Lipinski definition) is 3. The van der Waals surface area contributed by atoms with Crippen molar-refractivity contribution in [1.82, 2.24) is 9.97 Å². The summed E-state index contributed by atoms with van der Waals surface area (Å²) in [5, 5.41) is 1.21. The summed E-state index contributed by atoms with van der Waals surface area (Å²) < 4.78 is 0. The molecule has 1 aromatic heterocycles. The molecule has 0 amide bonds. The van der Waals surface area contributed by atoms with Crippen molar-refractivity contribution in [2.45, 2.75) is 26.7 Å². The van der Waals surface area contributed by atoms with Gasteiger partial charge < -0.3 is 5.73 Å². The van der Waals surface area contributed by atoms with E-state index in [4.69, 9.17) is 28.9 Å². The number of nitrogen functional groups attached to an aromatic ring is 1. The van der Waals surface area contributed by atoms with Gasteiger partial charge in [-0.3, -0.25) is 0 Å². The maximum absolute atomic E-state index is 6.23. The molecular formula is C14H15Cl2N3. The fourth-order valence-electron chi connectivity index (χ4n) is 1.75. The summed E-state index contributed by atoms with van der Waals surface area (Å²) in [4.78, 5) is 8.87. The normalized spacial score (nSPS) is 11.1. The van der Waals surface area contributed by atoms with Crippen LogP contribution in [0.1, 0.15) is 31.2 Å². The van der Waals surface area contributed by atoms with Gasteiger partial charge >= 0.3 is 0 Å². The lowest BCUT2D eigenvalue weighted by Crippen LogP contribution is -2.06. The highest BCUT2D eigenvalue weighted by atomic mass is 35.5. The van der Waals surface area contributed by atoms with Crippen LogP contribution in [-0.4, -0.2) is 9.97 Å². The quantitative estimate of drug-likeness (QED) is 0.889. The van der Waals surface area contributed by atoms with Gasteiger partial charge in [-0.1, -0.05) is 37.0 Å². The largest absolute Gasteiger partial charge is 0.383 e. The zero-order valence-electron chi connectivity index (χ0n) is 11.0. The zero-order chi connectivity index (χ0) is 14.2. The van der Waals surface area contributed by atoms with E-state index < -0.39 is 0 Å². The Bertz CT molecular complexity index is 624. The van der Waals surface area contributed by atoms with Crippen molar-refractivity contribution in [1.29, 1.82) is 0 Å². The van der Waals surface area contributed by atoms with Crippen molar-refractivity contribution in [3.63, 3.8) is 0 Å². The molecule has 1 heterocycles. The van der Waals surface area contributed by atoms with Gasteiger partial charge in [0.25, 0.3) is 0 Å². The van der Waals surface area contributed by atoms with Crippen LogP contribution in [0, 0.1) is 6.92 Å². The Morgan fingerprint density at radius 2 is 1.84 bits per heavy atom. The van der Waals surface area contributed by atoms with E-state index in [-0.39, 0.29) is 5.92 Å². The highest BCUT2D eigenvalue weighted by Crippen LogP contribution is 2.33. The van der Waals surface area contributed by atoms with Gasteiger partial charge in [0.2, 0.25) is 0 Å². The Balaban J connectivity index is 2.70. The summed E-state index contributed by atoms with van der Waals surface area (Å²) in [7, 11) is 0. The van der Waals surface area contributed by atoms with E-state index >= 15 is 0 Å². The SMILES string of the molecule is Cc1c(N)nc(C(C)C)nc1-c1cc(Cl)ccc1Cl. The van der Waals surface area contributed by atoms with Gasteiger partial charge in [0, 0.05) is 22.1 Å². The third-order valence-electron chi connectivity index (χ3n) is 2.90. The van der Waals surface area contributed by atoms with Crippen LogP contribution in [0.5, 0.6) is 0 Å². The minimum absolute atomic E-state index is 0.194. The first-order valence-electron chi connectivity index (χ1n) is 5.99. The molecule has 5 heteroatoms. The van der Waals surface area contributed by atoms with Gasteiger partial charge in [-0.15, -0.1) is 0 Å². The molecule has 0 atom stereocenters. The highest BCUT2D eigenvalue weighted by molar-refractivity contribution is 6.35. The van der Waals surface area contributed by atoms with Gasteiger partial charge in [0.05, 0.1) is 10.7 Å². The van der Waals surface area contributed by atoms with Crippen molar-refractivity contribution in [2.75, 3.05) is 5.73 Å². The topological polar surface area (TPSA) is 51.8 Å². The van der Waals surface area contributed by atoms with Crippen LogP contribution in [0.15, 0.2) is 18.2 Å². The highest BCUT2D eigenvalue weighted by Gasteiger charge is 2.15. The molecule has 0 saturated carbocycles. The third-order valence-corrected chi connectivity index (χ3v) is 3.47. The molecule has 0 saturated heterocycles. The lowest BCUT2D eigenvalue weighted by Gasteiger charge is -2.13. The molecule has 0 fully saturated rings. The maximum Gasteiger partial charge on any atom is 0.133 e. The van der Waals surface area contributed by atoms with Crippen LogP contribution >= 0.6 is 23.2 Å². The van der Waals surface area contributed by atoms with Gasteiger partial charge in [-0.05, 0) is 25.1 Å². The Hall–Kier alpha value is -1.32. The standard InChI is InChI=1S/C14H15Cl2N3/c1-7(2)14-18-12(8(3)13(17)19-14)10-6-9(15)4-5-11(10)16/h4-7H,1-3H3,(H2,17,18,19). The molecule has 2 rings (SSSR count). The summed E-state index contributed by atoms with van der Waals surface area (Å²) in [5.74, 6) is 1.37. The molecule has 2 aromatic rings. The van der Waals surface area contributed by atoms with E-state index in [1.54, 1.807) is 18.2 Å².